The highest BCUT2D eigenvalue weighted by atomic mass is 16.5. The van der Waals surface area contributed by atoms with Crippen LogP contribution < -0.4 is 11.1 Å². The quantitative estimate of drug-likeness (QED) is 0.908. The van der Waals surface area contributed by atoms with Crippen molar-refractivity contribution in [3.8, 4) is 0 Å². The van der Waals surface area contributed by atoms with Gasteiger partial charge in [0.1, 0.15) is 5.82 Å². The first kappa shape index (κ1) is 14.8. The van der Waals surface area contributed by atoms with Crippen LogP contribution in [0.2, 0.25) is 0 Å². The minimum Gasteiger partial charge on any atom is -0.373 e. The third kappa shape index (κ3) is 3.54. The second-order valence-corrected chi connectivity index (χ2v) is 5.74. The van der Waals surface area contributed by atoms with E-state index in [1.54, 1.807) is 0 Å². The van der Waals surface area contributed by atoms with Gasteiger partial charge in [0.15, 0.2) is 0 Å². The van der Waals surface area contributed by atoms with Gasteiger partial charge in [-0.05, 0) is 25.3 Å². The number of anilines is 2. The number of nitrogens with one attached hydrogen (secondary N) is 1. The first-order valence-corrected chi connectivity index (χ1v) is 7.74. The van der Waals surface area contributed by atoms with Gasteiger partial charge in [-0.2, -0.15) is 4.98 Å². The number of hydrogen-bond donors (Lipinski definition) is 2. The summed E-state index contributed by atoms with van der Waals surface area (Å²) in [6.45, 7) is 3.56. The molecule has 1 fully saturated rings. The van der Waals surface area contributed by atoms with Crippen molar-refractivity contribution in [2.45, 2.75) is 25.9 Å². The lowest BCUT2D eigenvalue weighted by atomic mass is 9.89. The number of nitrogens with two attached hydrogens (primary N) is 1. The molecule has 1 aliphatic heterocycles. The Morgan fingerprint density at radius 3 is 2.86 bits per heavy atom. The van der Waals surface area contributed by atoms with Crippen LogP contribution in [0.4, 0.5) is 11.8 Å². The Morgan fingerprint density at radius 1 is 1.27 bits per heavy atom. The molecule has 0 radical (unpaired) electrons. The Hall–Kier alpha value is -2.14. The molecule has 1 aromatic carbocycles. The van der Waals surface area contributed by atoms with Crippen LogP contribution in [0.15, 0.2) is 36.4 Å². The molecule has 1 aliphatic rings. The molecular weight excluding hydrogens is 276 g/mol. The number of rotatable bonds is 4. The molecule has 3 rings (SSSR count). The SMILES string of the molecule is Cc1cc(NCC2CCCOC2c2ccccc2)nc(N)n1. The van der Waals surface area contributed by atoms with E-state index in [0.29, 0.717) is 11.9 Å². The van der Waals surface area contributed by atoms with E-state index in [1.165, 1.54) is 5.56 Å². The fourth-order valence-corrected chi connectivity index (χ4v) is 2.98. The molecule has 2 aromatic rings. The molecule has 3 N–H and O–H groups in total. The number of ether oxygens (including phenoxy) is 1. The van der Waals surface area contributed by atoms with Gasteiger partial charge in [-0.1, -0.05) is 30.3 Å². The Balaban J connectivity index is 1.69. The van der Waals surface area contributed by atoms with Crippen LogP contribution in [0.25, 0.3) is 0 Å². The molecular formula is C17H22N4O. The molecule has 1 aromatic heterocycles. The zero-order valence-electron chi connectivity index (χ0n) is 12.8. The van der Waals surface area contributed by atoms with Crippen LogP contribution in [-0.2, 0) is 4.74 Å². The molecule has 0 amide bonds. The van der Waals surface area contributed by atoms with E-state index >= 15 is 0 Å². The van der Waals surface area contributed by atoms with E-state index in [2.05, 4.69) is 39.6 Å². The minimum atomic E-state index is 0.141. The van der Waals surface area contributed by atoms with Crippen LogP contribution in [0.5, 0.6) is 0 Å². The maximum Gasteiger partial charge on any atom is 0.222 e. The molecule has 5 heteroatoms. The second-order valence-electron chi connectivity index (χ2n) is 5.74. The number of nitrogens with zero attached hydrogens (tertiary/aromatic N) is 2. The third-order valence-corrected chi connectivity index (χ3v) is 3.99. The highest BCUT2D eigenvalue weighted by Gasteiger charge is 2.27. The highest BCUT2D eigenvalue weighted by Crippen LogP contribution is 2.33. The van der Waals surface area contributed by atoms with E-state index in [1.807, 2.05) is 19.1 Å². The molecule has 0 spiro atoms. The lowest BCUT2D eigenvalue weighted by Crippen LogP contribution is -2.28. The smallest absolute Gasteiger partial charge is 0.222 e. The summed E-state index contributed by atoms with van der Waals surface area (Å²) in [5.41, 5.74) is 7.81. The predicted molar refractivity (Wildman–Crippen MR) is 87.5 cm³/mol. The molecule has 0 aliphatic carbocycles. The second kappa shape index (κ2) is 6.75. The lowest BCUT2D eigenvalue weighted by molar-refractivity contribution is -0.0238. The molecule has 116 valence electrons. The third-order valence-electron chi connectivity index (χ3n) is 3.99. The number of aryl methyl sites for hydroxylation is 1. The van der Waals surface area contributed by atoms with Crippen molar-refractivity contribution in [1.29, 1.82) is 0 Å². The minimum absolute atomic E-state index is 0.141. The van der Waals surface area contributed by atoms with Crippen LogP contribution in [0, 0.1) is 12.8 Å². The predicted octanol–water partition coefficient (Wildman–Crippen LogP) is 2.95. The Kier molecular flexibility index (Phi) is 4.53. The Morgan fingerprint density at radius 2 is 2.09 bits per heavy atom. The van der Waals surface area contributed by atoms with E-state index < -0.39 is 0 Å². The van der Waals surface area contributed by atoms with Gasteiger partial charge in [0, 0.05) is 30.8 Å². The van der Waals surface area contributed by atoms with E-state index in [0.717, 1.165) is 37.5 Å². The fraction of sp³-hybridized carbons (Fsp3) is 0.412. The first-order valence-electron chi connectivity index (χ1n) is 7.74. The fourth-order valence-electron chi connectivity index (χ4n) is 2.98. The zero-order chi connectivity index (χ0) is 15.4. The van der Waals surface area contributed by atoms with Crippen molar-refractivity contribution in [3.05, 3.63) is 47.7 Å². The summed E-state index contributed by atoms with van der Waals surface area (Å²) in [6, 6.07) is 12.3. The van der Waals surface area contributed by atoms with Crippen LogP contribution in [-0.4, -0.2) is 23.1 Å². The average molecular weight is 298 g/mol. The number of hydrogen-bond acceptors (Lipinski definition) is 5. The van der Waals surface area contributed by atoms with Crippen molar-refractivity contribution in [2.75, 3.05) is 24.2 Å². The summed E-state index contributed by atoms with van der Waals surface area (Å²) in [5, 5.41) is 3.38. The van der Waals surface area contributed by atoms with Crippen molar-refractivity contribution in [2.24, 2.45) is 5.92 Å². The summed E-state index contributed by atoms with van der Waals surface area (Å²) in [6.07, 6.45) is 2.38. The number of nitrogen functional groups attached to an aromatic ring is 1. The molecule has 0 bridgehead atoms. The van der Waals surface area contributed by atoms with Crippen LogP contribution in [0.1, 0.15) is 30.2 Å². The van der Waals surface area contributed by atoms with Gasteiger partial charge < -0.3 is 15.8 Å². The van der Waals surface area contributed by atoms with Gasteiger partial charge in [-0.15, -0.1) is 0 Å². The van der Waals surface area contributed by atoms with Crippen molar-refractivity contribution in [1.82, 2.24) is 9.97 Å². The van der Waals surface area contributed by atoms with Gasteiger partial charge in [0.2, 0.25) is 5.95 Å². The first-order chi connectivity index (χ1) is 10.7. The zero-order valence-corrected chi connectivity index (χ0v) is 12.8. The normalized spacial score (nSPS) is 21.5. The molecule has 2 unspecified atom stereocenters. The van der Waals surface area contributed by atoms with Gasteiger partial charge in [0.25, 0.3) is 0 Å². The largest absolute Gasteiger partial charge is 0.373 e. The Bertz CT molecular complexity index is 597. The topological polar surface area (TPSA) is 73.1 Å². The maximum atomic E-state index is 6.02. The van der Waals surface area contributed by atoms with Gasteiger partial charge in [0.05, 0.1) is 6.10 Å². The van der Waals surface area contributed by atoms with Crippen molar-refractivity contribution >= 4 is 11.8 Å². The van der Waals surface area contributed by atoms with E-state index in [9.17, 15) is 0 Å². The molecule has 1 saturated heterocycles. The van der Waals surface area contributed by atoms with Gasteiger partial charge in [-0.3, -0.25) is 0 Å². The van der Waals surface area contributed by atoms with Crippen LogP contribution in [0.3, 0.4) is 0 Å². The molecule has 2 heterocycles. The number of aromatic nitrogens is 2. The molecule has 5 nitrogen and oxygen atoms in total. The summed E-state index contributed by atoms with van der Waals surface area (Å²) in [5.74, 6) is 1.51. The van der Waals surface area contributed by atoms with E-state index in [4.69, 9.17) is 10.5 Å². The van der Waals surface area contributed by atoms with Gasteiger partial charge in [-0.25, -0.2) is 4.98 Å². The van der Waals surface area contributed by atoms with Crippen molar-refractivity contribution < 1.29 is 4.74 Å². The summed E-state index contributed by atoms with van der Waals surface area (Å²) in [4.78, 5) is 8.32. The monoisotopic (exact) mass is 298 g/mol. The van der Waals surface area contributed by atoms with E-state index in [-0.39, 0.29) is 6.10 Å². The summed E-state index contributed by atoms with van der Waals surface area (Å²) < 4.78 is 6.02. The lowest BCUT2D eigenvalue weighted by Gasteiger charge is -2.32. The molecule has 0 saturated carbocycles. The van der Waals surface area contributed by atoms with Gasteiger partial charge >= 0.3 is 0 Å². The Labute approximate surface area is 130 Å². The molecule has 22 heavy (non-hydrogen) atoms. The summed E-state index contributed by atoms with van der Waals surface area (Å²) in [7, 11) is 0. The maximum absolute atomic E-state index is 6.02. The number of benzene rings is 1. The molecule has 2 atom stereocenters. The summed E-state index contributed by atoms with van der Waals surface area (Å²) >= 11 is 0. The van der Waals surface area contributed by atoms with Crippen molar-refractivity contribution in [3.63, 3.8) is 0 Å². The standard InChI is InChI=1S/C17H22N4O/c1-12-10-15(21-17(18)20-12)19-11-14-8-5-9-22-16(14)13-6-3-2-4-7-13/h2-4,6-7,10,14,16H,5,8-9,11H2,1H3,(H3,18,19,20,21). The average Bonchev–Trinajstić information content (AvgIpc) is 2.53. The highest BCUT2D eigenvalue weighted by molar-refractivity contribution is 5.40. The van der Waals surface area contributed by atoms with Crippen LogP contribution >= 0.6 is 0 Å².